The molecule has 2 N–H and O–H groups in total. The van der Waals surface area contributed by atoms with Crippen LogP contribution in [0.3, 0.4) is 0 Å². The largest absolute Gasteiger partial charge is 0.442 e. The van der Waals surface area contributed by atoms with Crippen molar-refractivity contribution in [1.29, 1.82) is 0 Å². The predicted octanol–water partition coefficient (Wildman–Crippen LogP) is 1.41. The Morgan fingerprint density at radius 1 is 1.33 bits per heavy atom. The van der Waals surface area contributed by atoms with Gasteiger partial charge in [0, 0.05) is 31.1 Å². The minimum atomic E-state index is -0.627. The molecule has 24 heavy (non-hydrogen) atoms. The molecule has 0 aliphatic rings. The Kier molecular flexibility index (Phi) is 14.8. The van der Waals surface area contributed by atoms with Gasteiger partial charge in [0.1, 0.15) is 5.78 Å². The van der Waals surface area contributed by atoms with Gasteiger partial charge in [0.15, 0.2) is 0 Å². The molecule has 3 atom stereocenters. The summed E-state index contributed by atoms with van der Waals surface area (Å²) in [4.78, 5) is 22.9. The Morgan fingerprint density at radius 3 is 2.71 bits per heavy atom. The highest BCUT2D eigenvalue weighted by molar-refractivity contribution is 7.99. The van der Waals surface area contributed by atoms with E-state index >= 15 is 0 Å². The van der Waals surface area contributed by atoms with Crippen LogP contribution in [0, 0.1) is 29.6 Å². The van der Waals surface area contributed by atoms with Crippen molar-refractivity contribution in [3.05, 3.63) is 0 Å². The van der Waals surface area contributed by atoms with Crippen LogP contribution >= 0.6 is 21.2 Å². The van der Waals surface area contributed by atoms with Gasteiger partial charge < -0.3 is 14.9 Å². The van der Waals surface area contributed by atoms with E-state index in [4.69, 9.17) is 5.11 Å². The van der Waals surface area contributed by atoms with Gasteiger partial charge in [0.25, 0.3) is 0 Å². The molecule has 0 radical (unpaired) electrons. The first kappa shape index (κ1) is 23.0. The first-order valence-corrected chi connectivity index (χ1v) is 9.51. The molecule has 0 aromatic heterocycles. The third-order valence-corrected chi connectivity index (χ3v) is 4.28. The molecule has 0 aromatic rings. The van der Waals surface area contributed by atoms with Gasteiger partial charge in [-0.2, -0.15) is 11.8 Å². The Morgan fingerprint density at radius 2 is 2.08 bits per heavy atom. The van der Waals surface area contributed by atoms with Gasteiger partial charge in [-0.05, 0) is 36.5 Å². The molecule has 0 spiro atoms. The second-order valence-corrected chi connectivity index (χ2v) is 6.64. The Labute approximate surface area is 151 Å². The van der Waals surface area contributed by atoms with E-state index in [1.807, 2.05) is 23.3 Å². The van der Waals surface area contributed by atoms with E-state index in [2.05, 4.69) is 33.5 Å². The molecule has 7 heteroatoms. The average Bonchev–Trinajstić information content (AvgIpc) is 2.58. The molecular formula is C17H26NO4PS. The maximum atomic E-state index is 12.2. The number of carbonyl (C=O) groups is 2. The lowest BCUT2D eigenvalue weighted by Gasteiger charge is -2.18. The van der Waals surface area contributed by atoms with Crippen molar-refractivity contribution in [2.45, 2.75) is 39.2 Å². The van der Waals surface area contributed by atoms with Crippen LogP contribution in [0.15, 0.2) is 0 Å². The second kappa shape index (κ2) is 15.5. The molecule has 0 fully saturated rings. The monoisotopic (exact) mass is 371 g/mol. The average molecular weight is 371 g/mol. The molecule has 3 unspecified atom stereocenters. The fraction of sp³-hybridized carbons (Fsp3) is 0.647. The second-order valence-electron chi connectivity index (χ2n) is 5.18. The number of thioether (sulfide) groups is 1. The van der Waals surface area contributed by atoms with Crippen LogP contribution in [0.25, 0.3) is 0 Å². The van der Waals surface area contributed by atoms with Crippen LogP contribution in [0.1, 0.15) is 33.1 Å². The van der Waals surface area contributed by atoms with Crippen LogP contribution in [0.4, 0.5) is 0 Å². The summed E-state index contributed by atoms with van der Waals surface area (Å²) in [5, 5.41) is 12.3. The lowest BCUT2D eigenvalue weighted by Crippen LogP contribution is -2.38. The zero-order valence-corrected chi connectivity index (χ0v) is 16.2. The SMILES string of the molecule is CCNC(CCSCCC#CC#CC(=O)OP)C(=O)CC(C)CO. The molecule has 0 aliphatic carbocycles. The standard InChI is InChI=1S/C17H26NO4PS/c1-3-18-15(16(20)12-14(2)13-19)9-11-24-10-7-5-4-6-8-17(21)22-23/h14-15,18-19H,3,7,9-13,23H2,1-2H3. The number of nitrogens with one attached hydrogen (secondary N) is 1. The van der Waals surface area contributed by atoms with Crippen LogP contribution in [-0.2, 0) is 14.1 Å². The first-order valence-electron chi connectivity index (χ1n) is 7.89. The van der Waals surface area contributed by atoms with Crippen molar-refractivity contribution in [2.24, 2.45) is 5.92 Å². The third kappa shape index (κ3) is 12.4. The van der Waals surface area contributed by atoms with Crippen molar-refractivity contribution in [1.82, 2.24) is 5.32 Å². The van der Waals surface area contributed by atoms with Crippen LogP contribution in [0.5, 0.6) is 0 Å². The van der Waals surface area contributed by atoms with Gasteiger partial charge >= 0.3 is 5.97 Å². The summed E-state index contributed by atoms with van der Waals surface area (Å²) in [5.74, 6) is 11.4. The Hall–Kier alpha value is -1.04. The summed E-state index contributed by atoms with van der Waals surface area (Å²) < 4.78 is 4.29. The number of carbonyl (C=O) groups excluding carboxylic acids is 2. The van der Waals surface area contributed by atoms with E-state index in [0.717, 1.165) is 24.5 Å². The highest BCUT2D eigenvalue weighted by Gasteiger charge is 2.18. The number of Topliss-reactive ketones (excluding diaryl/α,β-unsaturated/α-hetero) is 1. The molecule has 0 aromatic carbocycles. The van der Waals surface area contributed by atoms with Gasteiger partial charge in [-0.25, -0.2) is 4.79 Å². The molecular weight excluding hydrogens is 345 g/mol. The number of aliphatic hydroxyl groups excluding tert-OH is 1. The van der Waals surface area contributed by atoms with Gasteiger partial charge in [0.2, 0.25) is 0 Å². The zero-order chi connectivity index (χ0) is 18.2. The molecule has 0 heterocycles. The molecule has 134 valence electrons. The summed E-state index contributed by atoms with van der Waals surface area (Å²) in [6, 6.07) is -0.147. The van der Waals surface area contributed by atoms with E-state index < -0.39 is 5.97 Å². The van der Waals surface area contributed by atoms with E-state index in [-0.39, 0.29) is 24.3 Å². The van der Waals surface area contributed by atoms with Gasteiger partial charge in [0.05, 0.1) is 15.5 Å². The Balaban J connectivity index is 4.00. The summed E-state index contributed by atoms with van der Waals surface area (Å²) in [5.41, 5.74) is 0. The smallest absolute Gasteiger partial charge is 0.387 e. The lowest BCUT2D eigenvalue weighted by atomic mass is 9.99. The number of rotatable bonds is 11. The summed E-state index contributed by atoms with van der Waals surface area (Å²) in [7, 11) is 1.83. The molecule has 0 amide bonds. The normalized spacial score (nSPS) is 12.2. The molecule has 0 bridgehead atoms. The topological polar surface area (TPSA) is 75.6 Å². The van der Waals surface area contributed by atoms with Crippen molar-refractivity contribution >= 4 is 33.0 Å². The predicted molar refractivity (Wildman–Crippen MR) is 101 cm³/mol. The highest BCUT2D eigenvalue weighted by Crippen LogP contribution is 2.11. The minimum absolute atomic E-state index is 0.00581. The van der Waals surface area contributed by atoms with Crippen molar-refractivity contribution in [3.8, 4) is 23.7 Å². The fourth-order valence-electron chi connectivity index (χ4n) is 1.82. The minimum Gasteiger partial charge on any atom is -0.442 e. The van der Waals surface area contributed by atoms with Crippen molar-refractivity contribution < 1.29 is 19.2 Å². The Bertz CT molecular complexity index is 504. The maximum absolute atomic E-state index is 12.2. The van der Waals surface area contributed by atoms with Crippen LogP contribution in [-0.4, -0.2) is 47.6 Å². The van der Waals surface area contributed by atoms with E-state index in [1.165, 1.54) is 0 Å². The summed E-state index contributed by atoms with van der Waals surface area (Å²) >= 11 is 1.73. The maximum Gasteiger partial charge on any atom is 0.387 e. The molecule has 5 nitrogen and oxygen atoms in total. The van der Waals surface area contributed by atoms with Crippen LogP contribution < -0.4 is 5.32 Å². The number of hydrogen-bond donors (Lipinski definition) is 2. The van der Waals surface area contributed by atoms with Crippen molar-refractivity contribution in [2.75, 3.05) is 24.7 Å². The zero-order valence-electron chi connectivity index (χ0n) is 14.3. The third-order valence-electron chi connectivity index (χ3n) is 3.05. The van der Waals surface area contributed by atoms with E-state index in [0.29, 0.717) is 12.8 Å². The van der Waals surface area contributed by atoms with E-state index in [9.17, 15) is 9.59 Å². The molecule has 0 saturated carbocycles. The van der Waals surface area contributed by atoms with E-state index in [1.54, 1.807) is 11.8 Å². The number of likely N-dealkylation sites (N-methyl/N-ethyl adjacent to an activating group) is 1. The number of hydrogen-bond acceptors (Lipinski definition) is 6. The van der Waals surface area contributed by atoms with Gasteiger partial charge in [-0.1, -0.05) is 19.8 Å². The lowest BCUT2D eigenvalue weighted by molar-refractivity contribution is -0.127. The first-order chi connectivity index (χ1) is 11.5. The quantitative estimate of drug-likeness (QED) is 0.325. The summed E-state index contributed by atoms with van der Waals surface area (Å²) in [6.45, 7) is 4.63. The van der Waals surface area contributed by atoms with Gasteiger partial charge in [-0.15, -0.1) is 0 Å². The number of ketones is 1. The molecule has 0 saturated heterocycles. The number of aliphatic hydroxyl groups is 1. The molecule has 0 aliphatic heterocycles. The van der Waals surface area contributed by atoms with Gasteiger partial charge in [-0.3, -0.25) is 4.79 Å². The highest BCUT2D eigenvalue weighted by atomic mass is 32.2. The summed E-state index contributed by atoms with van der Waals surface area (Å²) in [6.07, 6.45) is 1.85. The van der Waals surface area contributed by atoms with Crippen molar-refractivity contribution in [3.63, 3.8) is 0 Å². The van der Waals surface area contributed by atoms with Crippen LogP contribution in [0.2, 0.25) is 0 Å². The fourth-order valence-corrected chi connectivity index (χ4v) is 2.73. The molecule has 0 rings (SSSR count).